The van der Waals surface area contributed by atoms with Gasteiger partial charge in [-0.25, -0.2) is 9.67 Å². The Bertz CT molecular complexity index is 1330. The fourth-order valence-electron chi connectivity index (χ4n) is 3.28. The number of rotatable bonds is 3. The van der Waals surface area contributed by atoms with Crippen LogP contribution in [0.15, 0.2) is 48.8 Å². The van der Waals surface area contributed by atoms with Crippen molar-refractivity contribution in [2.45, 2.75) is 0 Å². The lowest BCUT2D eigenvalue weighted by molar-refractivity contribution is 0.102. The van der Waals surface area contributed by atoms with Gasteiger partial charge in [0.2, 0.25) is 0 Å². The molecular formula is C19H16N8O. The van der Waals surface area contributed by atoms with E-state index in [-0.39, 0.29) is 5.91 Å². The van der Waals surface area contributed by atoms with E-state index in [9.17, 15) is 4.79 Å². The Hall–Kier alpha value is -4.01. The van der Waals surface area contributed by atoms with E-state index in [0.717, 1.165) is 27.7 Å². The van der Waals surface area contributed by atoms with Crippen molar-refractivity contribution in [3.05, 3.63) is 54.4 Å². The number of anilines is 1. The summed E-state index contributed by atoms with van der Waals surface area (Å²) in [6, 6.07) is 11.6. The monoisotopic (exact) mass is 372 g/mol. The van der Waals surface area contributed by atoms with Gasteiger partial charge in [0.1, 0.15) is 11.5 Å². The van der Waals surface area contributed by atoms with Gasteiger partial charge < -0.3 is 5.32 Å². The Balaban J connectivity index is 1.55. The van der Waals surface area contributed by atoms with Gasteiger partial charge >= 0.3 is 0 Å². The van der Waals surface area contributed by atoms with Crippen molar-refractivity contribution in [1.29, 1.82) is 0 Å². The van der Waals surface area contributed by atoms with Gasteiger partial charge in [-0.1, -0.05) is 30.3 Å². The largest absolute Gasteiger partial charge is 0.306 e. The average molecular weight is 372 g/mol. The second-order valence-corrected chi connectivity index (χ2v) is 6.49. The quantitative estimate of drug-likeness (QED) is 0.506. The Morgan fingerprint density at radius 2 is 1.89 bits per heavy atom. The number of aromatic nitrogens is 7. The smallest absolute Gasteiger partial charge is 0.258 e. The second-order valence-electron chi connectivity index (χ2n) is 6.49. The van der Waals surface area contributed by atoms with Crippen LogP contribution >= 0.6 is 0 Å². The number of carbonyl (C=O) groups excluding carboxylic acids is 1. The first-order valence-electron chi connectivity index (χ1n) is 8.67. The summed E-state index contributed by atoms with van der Waals surface area (Å²) in [6.07, 6.45) is 3.22. The van der Waals surface area contributed by atoms with Crippen molar-refractivity contribution in [2.75, 3.05) is 5.32 Å². The Morgan fingerprint density at radius 3 is 2.71 bits per heavy atom. The molecule has 1 amide bonds. The van der Waals surface area contributed by atoms with Crippen LogP contribution in [-0.2, 0) is 14.1 Å². The molecule has 4 heterocycles. The summed E-state index contributed by atoms with van der Waals surface area (Å²) < 4.78 is 3.35. The van der Waals surface area contributed by atoms with Gasteiger partial charge in [0, 0.05) is 31.2 Å². The highest BCUT2D eigenvalue weighted by Gasteiger charge is 2.20. The zero-order valence-electron chi connectivity index (χ0n) is 15.2. The number of nitrogens with one attached hydrogen (secondary N) is 2. The number of fused-ring (bicyclic) bond motifs is 2. The molecule has 138 valence electrons. The van der Waals surface area contributed by atoms with Crippen molar-refractivity contribution < 1.29 is 4.79 Å². The third-order valence-corrected chi connectivity index (χ3v) is 4.66. The van der Waals surface area contributed by atoms with Crippen molar-refractivity contribution in [1.82, 2.24) is 34.7 Å². The lowest BCUT2D eigenvalue weighted by Gasteiger charge is -2.04. The standard InChI is InChI=1S/C19H16N8O/c1-26-17-12(10-21-26)8-13(9-20-17)19(28)22-16-14-15(11-6-4-3-5-7-11)25-27(2)18(14)24-23-16/h3-10H,1-2H3,(H2,22,23,24,28). The average Bonchev–Trinajstić information content (AvgIpc) is 3.39. The Labute approximate surface area is 159 Å². The highest BCUT2D eigenvalue weighted by Crippen LogP contribution is 2.31. The maximum atomic E-state index is 12.8. The molecule has 0 saturated heterocycles. The van der Waals surface area contributed by atoms with Gasteiger partial charge in [0.15, 0.2) is 11.3 Å². The first-order chi connectivity index (χ1) is 13.6. The summed E-state index contributed by atoms with van der Waals surface area (Å²) in [5, 5.41) is 20.4. The minimum atomic E-state index is -0.285. The van der Waals surface area contributed by atoms with E-state index >= 15 is 0 Å². The van der Waals surface area contributed by atoms with Gasteiger partial charge in [-0.3, -0.25) is 14.6 Å². The first kappa shape index (κ1) is 16.2. The Morgan fingerprint density at radius 1 is 1.07 bits per heavy atom. The number of nitrogens with zero attached hydrogens (tertiary/aromatic N) is 6. The van der Waals surface area contributed by atoms with Crippen LogP contribution in [-0.4, -0.2) is 40.6 Å². The Kier molecular flexibility index (Phi) is 3.48. The van der Waals surface area contributed by atoms with Gasteiger partial charge in [-0.05, 0) is 6.07 Å². The molecule has 2 N–H and O–H groups in total. The van der Waals surface area contributed by atoms with E-state index in [1.165, 1.54) is 6.20 Å². The summed E-state index contributed by atoms with van der Waals surface area (Å²) in [5.41, 5.74) is 3.52. The van der Waals surface area contributed by atoms with Crippen LogP contribution in [0.4, 0.5) is 5.82 Å². The maximum absolute atomic E-state index is 12.8. The minimum absolute atomic E-state index is 0.285. The van der Waals surface area contributed by atoms with Crippen LogP contribution in [0.2, 0.25) is 0 Å². The molecule has 0 aliphatic rings. The molecule has 5 aromatic rings. The number of H-pyrrole nitrogens is 1. The third kappa shape index (κ3) is 2.44. The molecular weight excluding hydrogens is 356 g/mol. The first-order valence-corrected chi connectivity index (χ1v) is 8.67. The van der Waals surface area contributed by atoms with Crippen molar-refractivity contribution in [3.8, 4) is 11.3 Å². The molecule has 0 fully saturated rings. The molecule has 0 unspecified atom stereocenters. The summed E-state index contributed by atoms with van der Waals surface area (Å²) in [5.74, 6) is 0.213. The number of benzene rings is 1. The molecule has 0 spiro atoms. The molecule has 0 radical (unpaired) electrons. The normalized spacial score (nSPS) is 11.4. The fourth-order valence-corrected chi connectivity index (χ4v) is 3.28. The number of hydrogen-bond acceptors (Lipinski definition) is 5. The highest BCUT2D eigenvalue weighted by atomic mass is 16.1. The topological polar surface area (TPSA) is 106 Å². The number of carbonyl (C=O) groups is 1. The van der Waals surface area contributed by atoms with Crippen molar-refractivity contribution in [3.63, 3.8) is 0 Å². The van der Waals surface area contributed by atoms with Crippen LogP contribution in [0.5, 0.6) is 0 Å². The summed E-state index contributed by atoms with van der Waals surface area (Å²) >= 11 is 0. The molecule has 0 saturated carbocycles. The van der Waals surface area contributed by atoms with E-state index in [1.807, 2.05) is 44.4 Å². The summed E-state index contributed by atoms with van der Waals surface area (Å²) in [7, 11) is 3.63. The fraction of sp³-hybridized carbons (Fsp3) is 0.105. The van der Waals surface area contributed by atoms with Crippen LogP contribution < -0.4 is 5.32 Å². The van der Waals surface area contributed by atoms with E-state index in [1.54, 1.807) is 21.6 Å². The van der Waals surface area contributed by atoms with E-state index in [2.05, 4.69) is 30.7 Å². The molecule has 0 aliphatic heterocycles. The molecule has 0 bridgehead atoms. The molecule has 1 aromatic carbocycles. The molecule has 28 heavy (non-hydrogen) atoms. The zero-order chi connectivity index (χ0) is 19.3. The number of hydrogen-bond donors (Lipinski definition) is 2. The molecule has 9 heteroatoms. The SMILES string of the molecule is Cn1ncc2cc(C(=O)Nc3[nH]nc4c3c(-c3ccccc3)nn4C)cnc21. The van der Waals surface area contributed by atoms with Gasteiger partial charge in [-0.15, -0.1) is 0 Å². The predicted molar refractivity (Wildman–Crippen MR) is 105 cm³/mol. The van der Waals surface area contributed by atoms with Gasteiger partial charge in [-0.2, -0.15) is 15.3 Å². The zero-order valence-corrected chi connectivity index (χ0v) is 15.2. The third-order valence-electron chi connectivity index (χ3n) is 4.66. The van der Waals surface area contributed by atoms with E-state index < -0.39 is 0 Å². The van der Waals surface area contributed by atoms with Gasteiger partial charge in [0.05, 0.1) is 17.1 Å². The lowest BCUT2D eigenvalue weighted by Crippen LogP contribution is -2.13. The predicted octanol–water partition coefficient (Wildman–Crippen LogP) is 2.50. The van der Waals surface area contributed by atoms with Crippen LogP contribution in [0, 0.1) is 0 Å². The minimum Gasteiger partial charge on any atom is -0.306 e. The number of aryl methyl sites for hydroxylation is 2. The van der Waals surface area contributed by atoms with E-state index in [0.29, 0.717) is 17.0 Å². The molecule has 0 aliphatic carbocycles. The molecule has 4 aromatic heterocycles. The number of aromatic amines is 1. The second kappa shape index (κ2) is 6.02. The number of pyridine rings is 1. The van der Waals surface area contributed by atoms with Gasteiger partial charge in [0.25, 0.3) is 5.91 Å². The van der Waals surface area contributed by atoms with Crippen molar-refractivity contribution in [2.24, 2.45) is 14.1 Å². The molecule has 0 atom stereocenters. The molecule has 5 rings (SSSR count). The van der Waals surface area contributed by atoms with E-state index in [4.69, 9.17) is 0 Å². The maximum Gasteiger partial charge on any atom is 0.258 e. The molecule has 9 nitrogen and oxygen atoms in total. The van der Waals surface area contributed by atoms with Crippen molar-refractivity contribution >= 4 is 33.8 Å². The lowest BCUT2D eigenvalue weighted by atomic mass is 10.1. The summed E-state index contributed by atoms with van der Waals surface area (Å²) in [6.45, 7) is 0. The highest BCUT2D eigenvalue weighted by molar-refractivity contribution is 6.10. The number of amides is 1. The van der Waals surface area contributed by atoms with Crippen LogP contribution in [0.25, 0.3) is 33.3 Å². The summed E-state index contributed by atoms with van der Waals surface area (Å²) in [4.78, 5) is 17.1. The van der Waals surface area contributed by atoms with Crippen LogP contribution in [0.1, 0.15) is 10.4 Å². The van der Waals surface area contributed by atoms with Crippen LogP contribution in [0.3, 0.4) is 0 Å².